The zero-order valence-electron chi connectivity index (χ0n) is 6.88. The number of para-hydroxylation sites is 1. The minimum atomic E-state index is 0. The summed E-state index contributed by atoms with van der Waals surface area (Å²) < 4.78 is 0. The van der Waals surface area contributed by atoms with Gasteiger partial charge in [-0.2, -0.15) is 5.10 Å². The second-order valence-corrected chi connectivity index (χ2v) is 2.54. The summed E-state index contributed by atoms with van der Waals surface area (Å²) in [6, 6.07) is 9.40. The third-order valence-corrected chi connectivity index (χ3v) is 1.70. The van der Waals surface area contributed by atoms with Gasteiger partial charge in [0.05, 0.1) is 12.1 Å². The van der Waals surface area contributed by atoms with Crippen LogP contribution in [0.25, 0.3) is 0 Å². The molecule has 0 saturated carbocycles. The fourth-order valence-corrected chi connectivity index (χ4v) is 1.13. The molecule has 0 radical (unpaired) electrons. The van der Waals surface area contributed by atoms with E-state index >= 15 is 0 Å². The van der Waals surface area contributed by atoms with Gasteiger partial charge in [0.25, 0.3) is 5.91 Å². The van der Waals surface area contributed by atoms with Crippen molar-refractivity contribution in [3.05, 3.63) is 30.3 Å². The average Bonchev–Trinajstić information content (AvgIpc) is 2.53. The monoisotopic (exact) mass is 196 g/mol. The van der Waals surface area contributed by atoms with E-state index in [9.17, 15) is 4.79 Å². The highest BCUT2D eigenvalue weighted by Gasteiger charge is 2.17. The van der Waals surface area contributed by atoms with Crippen molar-refractivity contribution in [1.29, 1.82) is 0 Å². The van der Waals surface area contributed by atoms with Crippen LogP contribution in [0.15, 0.2) is 35.4 Å². The largest absolute Gasteiger partial charge is 0.272 e. The van der Waals surface area contributed by atoms with Gasteiger partial charge in [-0.3, -0.25) is 4.79 Å². The quantitative estimate of drug-likeness (QED) is 0.675. The number of amides is 1. The third-order valence-electron chi connectivity index (χ3n) is 1.70. The number of hydrogen-bond donors (Lipinski definition) is 0. The molecule has 13 heavy (non-hydrogen) atoms. The van der Waals surface area contributed by atoms with Crippen molar-refractivity contribution in [2.24, 2.45) is 5.10 Å². The Morgan fingerprint density at radius 2 is 1.92 bits per heavy atom. The van der Waals surface area contributed by atoms with Crippen molar-refractivity contribution < 1.29 is 4.79 Å². The van der Waals surface area contributed by atoms with Crippen LogP contribution in [0.2, 0.25) is 0 Å². The van der Waals surface area contributed by atoms with E-state index in [2.05, 4.69) is 5.10 Å². The Hall–Kier alpha value is -1.35. The molecule has 0 N–H and O–H groups in total. The smallest absolute Gasteiger partial charge is 0.252 e. The highest BCUT2D eigenvalue weighted by molar-refractivity contribution is 6.05. The Labute approximate surface area is 82.5 Å². The number of halogens is 1. The molecule has 1 aromatic carbocycles. The summed E-state index contributed by atoms with van der Waals surface area (Å²) in [6.07, 6.45) is 2.03. The van der Waals surface area contributed by atoms with E-state index in [1.807, 2.05) is 30.3 Å². The van der Waals surface area contributed by atoms with Crippen molar-refractivity contribution in [2.45, 2.75) is 6.42 Å². The van der Waals surface area contributed by atoms with Crippen LogP contribution in [-0.2, 0) is 4.79 Å². The molecule has 1 aliphatic heterocycles. The van der Waals surface area contributed by atoms with Crippen LogP contribution in [-0.4, -0.2) is 12.1 Å². The summed E-state index contributed by atoms with van der Waals surface area (Å²) in [7, 11) is 0. The molecule has 1 aromatic rings. The van der Waals surface area contributed by atoms with Gasteiger partial charge in [-0.05, 0) is 12.1 Å². The molecule has 1 amide bonds. The number of rotatable bonds is 1. The standard InChI is InChI=1S/C9H8N2O.ClH/c12-9-6-7-10-11(9)8-4-2-1-3-5-8;/h1-5,7H,6H2;1H. The Morgan fingerprint density at radius 3 is 2.46 bits per heavy atom. The first-order valence-electron chi connectivity index (χ1n) is 3.78. The van der Waals surface area contributed by atoms with E-state index in [-0.39, 0.29) is 18.3 Å². The van der Waals surface area contributed by atoms with Gasteiger partial charge in [0.15, 0.2) is 0 Å². The van der Waals surface area contributed by atoms with E-state index in [0.29, 0.717) is 6.42 Å². The fourth-order valence-electron chi connectivity index (χ4n) is 1.13. The molecule has 0 bridgehead atoms. The number of benzene rings is 1. The van der Waals surface area contributed by atoms with Gasteiger partial charge < -0.3 is 0 Å². The van der Waals surface area contributed by atoms with Gasteiger partial charge in [-0.15, -0.1) is 12.4 Å². The number of hydrogen-bond acceptors (Lipinski definition) is 2. The third kappa shape index (κ3) is 1.87. The van der Waals surface area contributed by atoms with Crippen LogP contribution in [0.1, 0.15) is 6.42 Å². The molecule has 1 heterocycles. The number of carbonyl (C=O) groups is 1. The molecule has 0 aliphatic carbocycles. The molecule has 68 valence electrons. The summed E-state index contributed by atoms with van der Waals surface area (Å²) in [4.78, 5) is 11.2. The number of anilines is 1. The second kappa shape index (κ2) is 4.05. The first-order valence-corrected chi connectivity index (χ1v) is 3.78. The second-order valence-electron chi connectivity index (χ2n) is 2.54. The van der Waals surface area contributed by atoms with Crippen LogP contribution in [0.4, 0.5) is 5.69 Å². The number of nitrogens with zero attached hydrogens (tertiary/aromatic N) is 2. The van der Waals surface area contributed by atoms with Gasteiger partial charge in [0, 0.05) is 6.21 Å². The zero-order chi connectivity index (χ0) is 8.39. The fraction of sp³-hybridized carbons (Fsp3) is 0.111. The van der Waals surface area contributed by atoms with Gasteiger partial charge in [-0.1, -0.05) is 18.2 Å². The Balaban J connectivity index is 0.000000845. The lowest BCUT2D eigenvalue weighted by Crippen LogP contribution is -2.19. The van der Waals surface area contributed by atoms with E-state index in [1.165, 1.54) is 5.01 Å². The number of carbonyl (C=O) groups excluding carboxylic acids is 1. The van der Waals surface area contributed by atoms with Gasteiger partial charge in [-0.25, -0.2) is 5.01 Å². The maximum Gasteiger partial charge on any atom is 0.252 e. The van der Waals surface area contributed by atoms with Crippen molar-refractivity contribution in [1.82, 2.24) is 0 Å². The summed E-state index contributed by atoms with van der Waals surface area (Å²) in [5.74, 6) is 0.0289. The first kappa shape index (κ1) is 9.74. The molecule has 0 saturated heterocycles. The molecule has 2 rings (SSSR count). The predicted molar refractivity (Wildman–Crippen MR) is 54.3 cm³/mol. The SMILES string of the molecule is Cl.O=C1CC=NN1c1ccccc1. The molecule has 0 spiro atoms. The molecule has 3 nitrogen and oxygen atoms in total. The molecule has 0 fully saturated rings. The zero-order valence-corrected chi connectivity index (χ0v) is 7.70. The van der Waals surface area contributed by atoms with E-state index < -0.39 is 0 Å². The highest BCUT2D eigenvalue weighted by Crippen LogP contribution is 2.16. The molecular weight excluding hydrogens is 188 g/mol. The van der Waals surface area contributed by atoms with E-state index in [1.54, 1.807) is 6.21 Å². The van der Waals surface area contributed by atoms with Crippen molar-refractivity contribution >= 4 is 30.2 Å². The molecule has 4 heteroatoms. The Bertz CT molecular complexity index is 324. The van der Waals surface area contributed by atoms with E-state index in [0.717, 1.165) is 5.69 Å². The van der Waals surface area contributed by atoms with Crippen molar-refractivity contribution in [3.63, 3.8) is 0 Å². The highest BCUT2D eigenvalue weighted by atomic mass is 35.5. The van der Waals surface area contributed by atoms with Crippen LogP contribution in [0.5, 0.6) is 0 Å². The van der Waals surface area contributed by atoms with Crippen LogP contribution >= 0.6 is 12.4 Å². The minimum absolute atomic E-state index is 0. The van der Waals surface area contributed by atoms with Gasteiger partial charge in [0.1, 0.15) is 0 Å². The molecule has 0 atom stereocenters. The maximum atomic E-state index is 11.2. The Kier molecular flexibility index (Phi) is 3.03. The lowest BCUT2D eigenvalue weighted by Gasteiger charge is -2.10. The topological polar surface area (TPSA) is 32.7 Å². The van der Waals surface area contributed by atoms with Crippen molar-refractivity contribution in [3.8, 4) is 0 Å². The normalized spacial score (nSPS) is 14.5. The van der Waals surface area contributed by atoms with Crippen molar-refractivity contribution in [2.75, 3.05) is 5.01 Å². The van der Waals surface area contributed by atoms with E-state index in [4.69, 9.17) is 0 Å². The lowest BCUT2D eigenvalue weighted by molar-refractivity contribution is -0.116. The summed E-state index contributed by atoms with van der Waals surface area (Å²) in [5.41, 5.74) is 0.830. The van der Waals surface area contributed by atoms with Gasteiger partial charge in [0.2, 0.25) is 0 Å². The summed E-state index contributed by atoms with van der Waals surface area (Å²) >= 11 is 0. The Morgan fingerprint density at radius 1 is 1.23 bits per heavy atom. The van der Waals surface area contributed by atoms with Crippen LogP contribution in [0.3, 0.4) is 0 Å². The molecule has 0 unspecified atom stereocenters. The average molecular weight is 197 g/mol. The van der Waals surface area contributed by atoms with Crippen LogP contribution in [0, 0.1) is 0 Å². The maximum absolute atomic E-state index is 11.2. The predicted octanol–water partition coefficient (Wildman–Crippen LogP) is 1.83. The number of hydrazone groups is 1. The molecule has 1 aliphatic rings. The van der Waals surface area contributed by atoms with Crippen LogP contribution < -0.4 is 5.01 Å². The molecular formula is C9H9ClN2O. The lowest BCUT2D eigenvalue weighted by atomic mass is 10.3. The first-order chi connectivity index (χ1) is 5.88. The minimum Gasteiger partial charge on any atom is -0.272 e. The molecule has 0 aromatic heterocycles. The van der Waals surface area contributed by atoms with Gasteiger partial charge >= 0.3 is 0 Å². The summed E-state index contributed by atoms with van der Waals surface area (Å²) in [5, 5.41) is 5.36. The summed E-state index contributed by atoms with van der Waals surface area (Å²) in [6.45, 7) is 0.